The number of alkyl halides is 2. The molecule has 1 aliphatic heterocycles. The number of rotatable bonds is 5. The highest BCUT2D eigenvalue weighted by atomic mass is 19.3. The SMILES string of the molecule is CC1(C(=O)O)CCN(C(=O)N(CCO)CC(F)F)C1. The number of amides is 2. The van der Waals surface area contributed by atoms with Crippen molar-refractivity contribution < 1.29 is 28.6 Å². The van der Waals surface area contributed by atoms with Gasteiger partial charge in [0.25, 0.3) is 6.43 Å². The molecule has 0 spiro atoms. The van der Waals surface area contributed by atoms with Crippen molar-refractivity contribution >= 4 is 12.0 Å². The number of aliphatic hydroxyl groups is 1. The van der Waals surface area contributed by atoms with E-state index in [1.165, 1.54) is 11.8 Å². The Bertz CT molecular complexity index is 354. The third kappa shape index (κ3) is 3.76. The molecule has 0 aromatic carbocycles. The minimum atomic E-state index is -2.69. The molecule has 1 atom stereocenters. The molecule has 6 nitrogen and oxygen atoms in total. The van der Waals surface area contributed by atoms with Gasteiger partial charge in [-0.3, -0.25) is 4.79 Å². The molecule has 8 heteroatoms. The predicted octanol–water partition coefficient (Wildman–Crippen LogP) is 0.462. The fourth-order valence-electron chi connectivity index (χ4n) is 2.05. The van der Waals surface area contributed by atoms with Crippen LogP contribution in [0.3, 0.4) is 0 Å². The van der Waals surface area contributed by atoms with Crippen LogP contribution in [0.25, 0.3) is 0 Å². The largest absolute Gasteiger partial charge is 0.481 e. The molecular weight excluding hydrogens is 262 g/mol. The second-order valence-corrected chi connectivity index (χ2v) is 4.88. The van der Waals surface area contributed by atoms with E-state index < -0.39 is 37.0 Å². The number of hydrogen-bond donors (Lipinski definition) is 2. The zero-order chi connectivity index (χ0) is 14.6. The zero-order valence-corrected chi connectivity index (χ0v) is 10.7. The lowest BCUT2D eigenvalue weighted by molar-refractivity contribution is -0.147. The van der Waals surface area contributed by atoms with Crippen LogP contribution >= 0.6 is 0 Å². The summed E-state index contributed by atoms with van der Waals surface area (Å²) in [5, 5.41) is 17.8. The molecule has 2 N–H and O–H groups in total. The van der Waals surface area contributed by atoms with Gasteiger partial charge in [0.1, 0.15) is 0 Å². The molecule has 1 heterocycles. The Morgan fingerprint density at radius 2 is 2.11 bits per heavy atom. The maximum atomic E-state index is 12.3. The van der Waals surface area contributed by atoms with Gasteiger partial charge in [0, 0.05) is 19.6 Å². The number of nitrogens with zero attached hydrogens (tertiary/aromatic N) is 2. The predicted molar refractivity (Wildman–Crippen MR) is 62.0 cm³/mol. The van der Waals surface area contributed by atoms with Crippen molar-refractivity contribution in [2.75, 3.05) is 32.8 Å². The molecule has 0 aromatic rings. The molecular formula is C11H18F2N2O4. The number of carbonyl (C=O) groups excluding carboxylic acids is 1. The van der Waals surface area contributed by atoms with Gasteiger partial charge in [-0.05, 0) is 13.3 Å². The Hall–Kier alpha value is -1.44. The molecule has 0 saturated carbocycles. The maximum Gasteiger partial charge on any atom is 0.320 e. The van der Waals surface area contributed by atoms with E-state index >= 15 is 0 Å². The van der Waals surface area contributed by atoms with Gasteiger partial charge in [-0.1, -0.05) is 0 Å². The normalized spacial score (nSPS) is 22.9. The Labute approximate surface area is 109 Å². The van der Waals surface area contributed by atoms with Gasteiger partial charge in [0.05, 0.1) is 18.6 Å². The highest BCUT2D eigenvalue weighted by Gasteiger charge is 2.43. The van der Waals surface area contributed by atoms with E-state index in [2.05, 4.69) is 0 Å². The number of carbonyl (C=O) groups is 2. The maximum absolute atomic E-state index is 12.3. The summed E-state index contributed by atoms with van der Waals surface area (Å²) in [7, 11) is 0. The molecule has 1 rings (SSSR count). The first-order chi connectivity index (χ1) is 8.80. The van der Waals surface area contributed by atoms with E-state index in [4.69, 9.17) is 10.2 Å². The first kappa shape index (κ1) is 15.6. The fourth-order valence-corrected chi connectivity index (χ4v) is 2.05. The average Bonchev–Trinajstić information content (AvgIpc) is 2.71. The van der Waals surface area contributed by atoms with Crippen molar-refractivity contribution in [1.29, 1.82) is 0 Å². The topological polar surface area (TPSA) is 81.1 Å². The number of hydrogen-bond acceptors (Lipinski definition) is 3. The van der Waals surface area contributed by atoms with E-state index in [1.807, 2.05) is 0 Å². The summed E-state index contributed by atoms with van der Waals surface area (Å²) in [6.45, 7) is 0.358. The van der Waals surface area contributed by atoms with Gasteiger partial charge in [0.2, 0.25) is 0 Å². The van der Waals surface area contributed by atoms with Crippen molar-refractivity contribution in [3.8, 4) is 0 Å². The number of aliphatic hydroxyl groups excluding tert-OH is 1. The van der Waals surface area contributed by atoms with Crippen molar-refractivity contribution in [3.05, 3.63) is 0 Å². The van der Waals surface area contributed by atoms with Crippen LogP contribution in [0.15, 0.2) is 0 Å². The van der Waals surface area contributed by atoms with Gasteiger partial charge in [-0.25, -0.2) is 13.6 Å². The molecule has 0 aliphatic carbocycles. The third-order valence-electron chi connectivity index (χ3n) is 3.26. The minimum Gasteiger partial charge on any atom is -0.481 e. The van der Waals surface area contributed by atoms with Gasteiger partial charge < -0.3 is 20.0 Å². The van der Waals surface area contributed by atoms with Crippen LogP contribution in [0, 0.1) is 5.41 Å². The summed E-state index contributed by atoms with van der Waals surface area (Å²) in [5.41, 5.74) is -1.04. The molecule has 0 bridgehead atoms. The lowest BCUT2D eigenvalue weighted by Crippen LogP contribution is -2.46. The third-order valence-corrected chi connectivity index (χ3v) is 3.26. The summed E-state index contributed by atoms with van der Waals surface area (Å²) in [4.78, 5) is 25.1. The Morgan fingerprint density at radius 1 is 1.47 bits per heavy atom. The smallest absolute Gasteiger partial charge is 0.320 e. The van der Waals surface area contributed by atoms with Gasteiger partial charge >= 0.3 is 12.0 Å². The fraction of sp³-hybridized carbons (Fsp3) is 0.818. The first-order valence-electron chi connectivity index (χ1n) is 5.96. The van der Waals surface area contributed by atoms with Crippen LogP contribution in [0.5, 0.6) is 0 Å². The molecule has 1 saturated heterocycles. The van der Waals surface area contributed by atoms with Crippen molar-refractivity contribution in [2.45, 2.75) is 19.8 Å². The van der Waals surface area contributed by atoms with Crippen LogP contribution in [-0.2, 0) is 4.79 Å². The van der Waals surface area contributed by atoms with E-state index in [0.29, 0.717) is 0 Å². The molecule has 0 aromatic heterocycles. The zero-order valence-electron chi connectivity index (χ0n) is 10.7. The number of carboxylic acids is 1. The Morgan fingerprint density at radius 3 is 2.53 bits per heavy atom. The van der Waals surface area contributed by atoms with Crippen molar-refractivity contribution in [2.24, 2.45) is 5.41 Å². The second-order valence-electron chi connectivity index (χ2n) is 4.88. The summed E-state index contributed by atoms with van der Waals surface area (Å²) < 4.78 is 24.7. The van der Waals surface area contributed by atoms with E-state index in [-0.39, 0.29) is 26.1 Å². The summed E-state index contributed by atoms with van der Waals surface area (Å²) in [5.74, 6) is -1.01. The van der Waals surface area contributed by atoms with Crippen LogP contribution < -0.4 is 0 Å². The van der Waals surface area contributed by atoms with Gasteiger partial charge in [0.15, 0.2) is 0 Å². The molecule has 1 fully saturated rings. The molecule has 1 unspecified atom stereocenters. The second kappa shape index (κ2) is 6.14. The number of aliphatic carboxylic acids is 1. The van der Waals surface area contributed by atoms with Crippen LogP contribution in [-0.4, -0.2) is 71.2 Å². The molecule has 1 aliphatic rings. The Balaban J connectivity index is 2.68. The quantitative estimate of drug-likeness (QED) is 0.766. The minimum absolute atomic E-state index is 0.00761. The Kier molecular flexibility index (Phi) is 5.04. The number of halogens is 2. The molecule has 2 amide bonds. The van der Waals surface area contributed by atoms with Crippen LogP contribution in [0.1, 0.15) is 13.3 Å². The van der Waals surface area contributed by atoms with Crippen molar-refractivity contribution in [1.82, 2.24) is 9.80 Å². The van der Waals surface area contributed by atoms with Crippen molar-refractivity contribution in [3.63, 3.8) is 0 Å². The highest BCUT2D eigenvalue weighted by molar-refractivity contribution is 5.79. The first-order valence-corrected chi connectivity index (χ1v) is 5.96. The van der Waals surface area contributed by atoms with E-state index in [9.17, 15) is 18.4 Å². The molecule has 19 heavy (non-hydrogen) atoms. The highest BCUT2D eigenvalue weighted by Crippen LogP contribution is 2.30. The van der Waals surface area contributed by atoms with Gasteiger partial charge in [-0.15, -0.1) is 0 Å². The lowest BCUT2D eigenvalue weighted by atomic mass is 9.90. The summed E-state index contributed by atoms with van der Waals surface area (Å²) in [6.07, 6.45) is -2.40. The van der Waals surface area contributed by atoms with Gasteiger partial charge in [-0.2, -0.15) is 0 Å². The lowest BCUT2D eigenvalue weighted by Gasteiger charge is -2.28. The average molecular weight is 280 g/mol. The number of urea groups is 1. The van der Waals surface area contributed by atoms with Crippen LogP contribution in [0.4, 0.5) is 13.6 Å². The molecule has 0 radical (unpaired) electrons. The summed E-state index contributed by atoms with van der Waals surface area (Å²) >= 11 is 0. The van der Waals surface area contributed by atoms with E-state index in [1.54, 1.807) is 0 Å². The molecule has 110 valence electrons. The van der Waals surface area contributed by atoms with Crippen LogP contribution in [0.2, 0.25) is 0 Å². The number of likely N-dealkylation sites (tertiary alicyclic amines) is 1. The standard InChI is InChI=1S/C11H18F2N2O4/c1-11(9(17)18)2-3-15(7-11)10(19)14(4-5-16)6-8(12)13/h8,16H,2-7H2,1H3,(H,17,18). The summed E-state index contributed by atoms with van der Waals surface area (Å²) in [6, 6.07) is -0.653. The van der Waals surface area contributed by atoms with E-state index in [0.717, 1.165) is 4.90 Å². The monoisotopic (exact) mass is 280 g/mol. The number of carboxylic acid groups (broad SMARTS) is 1.